The Bertz CT molecular complexity index is 154. The van der Waals surface area contributed by atoms with Crippen molar-refractivity contribution in [1.82, 2.24) is 5.32 Å². The van der Waals surface area contributed by atoms with Crippen LogP contribution in [0.25, 0.3) is 0 Å². The van der Waals surface area contributed by atoms with Gasteiger partial charge in [-0.25, -0.2) is 0 Å². The van der Waals surface area contributed by atoms with Crippen LogP contribution in [-0.4, -0.2) is 29.5 Å². The van der Waals surface area contributed by atoms with E-state index in [-0.39, 0.29) is 10.7 Å². The maximum Gasteiger partial charge on any atom is 0.230 e. The van der Waals surface area contributed by atoms with E-state index in [9.17, 15) is 4.79 Å². The van der Waals surface area contributed by atoms with Gasteiger partial charge in [-0.3, -0.25) is 4.79 Å². The second-order valence-corrected chi connectivity index (χ2v) is 5.70. The summed E-state index contributed by atoms with van der Waals surface area (Å²) in [6.07, 6.45) is 0.853. The Morgan fingerprint density at radius 2 is 2.08 bits per heavy atom. The fourth-order valence-electron chi connectivity index (χ4n) is 0.663. The first kappa shape index (κ1) is 12.8. The number of hydrogen-bond donors (Lipinski definition) is 2. The molecule has 0 fully saturated rings. The van der Waals surface area contributed by atoms with E-state index in [0.29, 0.717) is 18.8 Å². The van der Waals surface area contributed by atoms with Crippen LogP contribution in [0.1, 0.15) is 27.2 Å². The van der Waals surface area contributed by atoms with Crippen molar-refractivity contribution in [2.75, 3.05) is 18.8 Å². The smallest absolute Gasteiger partial charge is 0.230 e. The minimum atomic E-state index is 0.105. The first-order valence-corrected chi connectivity index (χ1v) is 5.55. The molecule has 0 bridgehead atoms. The summed E-state index contributed by atoms with van der Waals surface area (Å²) in [5, 5.41) is 2.82. The maximum atomic E-state index is 11.2. The second-order valence-electron chi connectivity index (χ2n) is 3.89. The molecule has 0 unspecified atom stereocenters. The molecular weight excluding hydrogens is 184 g/mol. The number of carbonyl (C=O) groups excluding carboxylic acids is 1. The zero-order valence-electron chi connectivity index (χ0n) is 8.72. The van der Waals surface area contributed by atoms with Crippen LogP contribution in [0, 0.1) is 0 Å². The van der Waals surface area contributed by atoms with Crippen molar-refractivity contribution in [3.8, 4) is 0 Å². The molecule has 0 radical (unpaired) electrons. The number of hydrogen-bond acceptors (Lipinski definition) is 3. The van der Waals surface area contributed by atoms with Gasteiger partial charge in [0.15, 0.2) is 0 Å². The summed E-state index contributed by atoms with van der Waals surface area (Å²) in [6.45, 7) is 7.63. The Kier molecular flexibility index (Phi) is 6.16. The molecular formula is C9H20N2OS. The Morgan fingerprint density at radius 1 is 1.46 bits per heavy atom. The molecule has 0 rings (SSSR count). The van der Waals surface area contributed by atoms with Crippen molar-refractivity contribution in [3.05, 3.63) is 0 Å². The number of nitrogens with two attached hydrogens (primary N) is 1. The highest BCUT2D eigenvalue weighted by Gasteiger charge is 2.12. The average molecular weight is 204 g/mol. The zero-order valence-corrected chi connectivity index (χ0v) is 9.54. The Labute approximate surface area is 84.8 Å². The second kappa shape index (κ2) is 6.27. The van der Waals surface area contributed by atoms with Crippen molar-refractivity contribution in [2.45, 2.75) is 31.9 Å². The van der Waals surface area contributed by atoms with E-state index in [4.69, 9.17) is 5.73 Å². The van der Waals surface area contributed by atoms with E-state index in [1.54, 1.807) is 11.8 Å². The number of nitrogens with one attached hydrogen (secondary N) is 1. The monoisotopic (exact) mass is 204 g/mol. The van der Waals surface area contributed by atoms with E-state index >= 15 is 0 Å². The van der Waals surface area contributed by atoms with Crippen molar-refractivity contribution in [2.24, 2.45) is 5.73 Å². The Hall–Kier alpha value is -0.220. The summed E-state index contributed by atoms with van der Waals surface area (Å²) < 4.78 is 0.158. The largest absolute Gasteiger partial charge is 0.355 e. The van der Waals surface area contributed by atoms with Gasteiger partial charge in [0.1, 0.15) is 0 Å². The molecule has 0 aromatic carbocycles. The lowest BCUT2D eigenvalue weighted by atomic mass is 10.3. The summed E-state index contributed by atoms with van der Waals surface area (Å²) in [5.41, 5.74) is 5.30. The topological polar surface area (TPSA) is 55.1 Å². The normalized spacial score (nSPS) is 11.4. The lowest BCUT2D eigenvalue weighted by molar-refractivity contribution is -0.118. The minimum Gasteiger partial charge on any atom is -0.355 e. The van der Waals surface area contributed by atoms with Crippen LogP contribution in [0.2, 0.25) is 0 Å². The third-order valence-corrected chi connectivity index (χ3v) is 2.61. The average Bonchev–Trinajstić information content (AvgIpc) is 2.00. The molecule has 3 N–H and O–H groups in total. The van der Waals surface area contributed by atoms with Gasteiger partial charge in [0, 0.05) is 11.3 Å². The summed E-state index contributed by atoms with van der Waals surface area (Å²) in [5.74, 6) is 0.641. The molecule has 0 saturated carbocycles. The predicted octanol–water partition coefficient (Wildman–Crippen LogP) is 0.983. The Balaban J connectivity index is 3.41. The molecule has 0 atom stereocenters. The molecule has 0 spiro atoms. The third kappa shape index (κ3) is 9.70. The fraction of sp³-hybridized carbons (Fsp3) is 0.889. The van der Waals surface area contributed by atoms with E-state index in [1.807, 2.05) is 0 Å². The van der Waals surface area contributed by atoms with Gasteiger partial charge in [-0.15, -0.1) is 11.8 Å². The number of rotatable bonds is 5. The van der Waals surface area contributed by atoms with E-state index in [2.05, 4.69) is 26.1 Å². The van der Waals surface area contributed by atoms with E-state index in [0.717, 1.165) is 6.42 Å². The lowest BCUT2D eigenvalue weighted by Gasteiger charge is -2.16. The molecule has 0 heterocycles. The molecule has 0 saturated heterocycles. The van der Waals surface area contributed by atoms with Crippen LogP contribution in [0.3, 0.4) is 0 Å². The van der Waals surface area contributed by atoms with Crippen molar-refractivity contribution >= 4 is 17.7 Å². The zero-order chi connectivity index (χ0) is 10.3. The highest BCUT2D eigenvalue weighted by atomic mass is 32.2. The number of carbonyl (C=O) groups is 1. The van der Waals surface area contributed by atoms with Crippen LogP contribution < -0.4 is 11.1 Å². The van der Waals surface area contributed by atoms with Crippen molar-refractivity contribution < 1.29 is 4.79 Å². The Morgan fingerprint density at radius 3 is 2.54 bits per heavy atom. The van der Waals surface area contributed by atoms with Crippen LogP contribution in [-0.2, 0) is 4.79 Å². The quantitative estimate of drug-likeness (QED) is 0.656. The standard InChI is InChI=1S/C9H20N2OS/c1-9(2,3)13-7-8(12)11-6-4-5-10/h4-7,10H2,1-3H3,(H,11,12). The molecule has 1 amide bonds. The maximum absolute atomic E-state index is 11.2. The van der Waals surface area contributed by atoms with E-state index in [1.165, 1.54) is 0 Å². The molecule has 0 aliphatic rings. The molecule has 78 valence electrons. The van der Waals surface area contributed by atoms with Gasteiger partial charge in [-0.2, -0.15) is 0 Å². The molecule has 0 aromatic heterocycles. The van der Waals surface area contributed by atoms with Crippen LogP contribution in [0.15, 0.2) is 0 Å². The van der Waals surface area contributed by atoms with Gasteiger partial charge in [-0.1, -0.05) is 20.8 Å². The van der Waals surface area contributed by atoms with Gasteiger partial charge in [0.2, 0.25) is 5.91 Å². The van der Waals surface area contributed by atoms with Gasteiger partial charge in [0.25, 0.3) is 0 Å². The fourth-order valence-corrected chi connectivity index (χ4v) is 1.33. The molecule has 0 aliphatic carbocycles. The number of thioether (sulfide) groups is 1. The van der Waals surface area contributed by atoms with Gasteiger partial charge < -0.3 is 11.1 Å². The number of amides is 1. The van der Waals surface area contributed by atoms with E-state index < -0.39 is 0 Å². The van der Waals surface area contributed by atoms with Crippen LogP contribution in [0.5, 0.6) is 0 Å². The van der Waals surface area contributed by atoms with Crippen molar-refractivity contribution in [1.29, 1.82) is 0 Å². The molecule has 4 heteroatoms. The first-order valence-electron chi connectivity index (χ1n) is 4.56. The lowest BCUT2D eigenvalue weighted by Crippen LogP contribution is -2.28. The highest BCUT2D eigenvalue weighted by Crippen LogP contribution is 2.22. The molecule has 0 aromatic rings. The van der Waals surface area contributed by atoms with Crippen LogP contribution in [0.4, 0.5) is 0 Å². The minimum absolute atomic E-state index is 0.105. The summed E-state index contributed by atoms with van der Waals surface area (Å²) >= 11 is 1.66. The molecule has 13 heavy (non-hydrogen) atoms. The summed E-state index contributed by atoms with van der Waals surface area (Å²) in [6, 6.07) is 0. The highest BCUT2D eigenvalue weighted by molar-refractivity contribution is 8.01. The molecule has 3 nitrogen and oxygen atoms in total. The van der Waals surface area contributed by atoms with Crippen LogP contribution >= 0.6 is 11.8 Å². The van der Waals surface area contributed by atoms with Gasteiger partial charge in [-0.05, 0) is 13.0 Å². The first-order chi connectivity index (χ1) is 5.95. The van der Waals surface area contributed by atoms with Crippen molar-refractivity contribution in [3.63, 3.8) is 0 Å². The molecule has 0 aliphatic heterocycles. The predicted molar refractivity (Wildman–Crippen MR) is 58.9 cm³/mol. The van der Waals surface area contributed by atoms with Gasteiger partial charge in [0.05, 0.1) is 5.75 Å². The SMILES string of the molecule is CC(C)(C)SCC(=O)NCCCN. The summed E-state index contributed by atoms with van der Waals surface area (Å²) in [7, 11) is 0. The summed E-state index contributed by atoms with van der Waals surface area (Å²) in [4.78, 5) is 11.2. The van der Waals surface area contributed by atoms with Gasteiger partial charge >= 0.3 is 0 Å². The third-order valence-electron chi connectivity index (χ3n) is 1.34.